The van der Waals surface area contributed by atoms with E-state index in [1.807, 2.05) is 0 Å². The first-order valence-corrected chi connectivity index (χ1v) is 14.1. The number of oxime groups is 1. The van der Waals surface area contributed by atoms with E-state index in [1.165, 1.54) is 5.57 Å². The van der Waals surface area contributed by atoms with Crippen LogP contribution in [-0.2, 0) is 4.79 Å². The zero-order valence-corrected chi connectivity index (χ0v) is 23.5. The van der Waals surface area contributed by atoms with Crippen molar-refractivity contribution in [3.05, 3.63) is 11.6 Å². The molecule has 0 aromatic rings. The van der Waals surface area contributed by atoms with E-state index in [4.69, 9.17) is 5.73 Å². The Labute approximate surface area is 216 Å². The number of carbonyl (C=O) groups excluding carboxylic acids is 2. The summed E-state index contributed by atoms with van der Waals surface area (Å²) in [5.74, 6) is 0.860. The van der Waals surface area contributed by atoms with Gasteiger partial charge in [-0.1, -0.05) is 52.3 Å². The quantitative estimate of drug-likeness (QED) is 0.296. The van der Waals surface area contributed by atoms with Gasteiger partial charge in [-0.3, -0.25) is 4.79 Å². The zero-order chi connectivity index (χ0) is 26.5. The Kier molecular flexibility index (Phi) is 5.44. The van der Waals surface area contributed by atoms with Crippen LogP contribution in [0.1, 0.15) is 106 Å². The number of carbonyl (C=O) groups is 2. The van der Waals surface area contributed by atoms with Crippen molar-refractivity contribution in [2.75, 3.05) is 0 Å². The molecule has 2 amide bonds. The smallest absolute Gasteiger partial charge is 0.312 e. The fourth-order valence-corrected chi connectivity index (χ4v) is 10.6. The van der Waals surface area contributed by atoms with Crippen LogP contribution in [-0.4, -0.2) is 28.3 Å². The third-order valence-electron chi connectivity index (χ3n) is 12.9. The van der Waals surface area contributed by atoms with Crippen LogP contribution < -0.4 is 11.1 Å². The summed E-state index contributed by atoms with van der Waals surface area (Å²) in [6.07, 6.45) is 10.8. The molecular formula is C30H47N3O3. The molecular weight excluding hydrogens is 450 g/mol. The van der Waals surface area contributed by atoms with Gasteiger partial charge in [0.25, 0.3) is 0 Å². The number of nitrogens with two attached hydrogens (primary N) is 1. The summed E-state index contributed by atoms with van der Waals surface area (Å²) in [4.78, 5) is 26.2. The summed E-state index contributed by atoms with van der Waals surface area (Å²) in [6.45, 7) is 16.2. The van der Waals surface area contributed by atoms with Gasteiger partial charge in [0, 0.05) is 16.9 Å². The number of hydrogen-bond donors (Lipinski definition) is 3. The van der Waals surface area contributed by atoms with Crippen LogP contribution in [0.2, 0.25) is 0 Å². The average Bonchev–Trinajstić information content (AvgIpc) is 2.75. The first-order valence-electron chi connectivity index (χ1n) is 14.1. The average molecular weight is 498 g/mol. The normalized spacial score (nSPS) is 50.8. The SMILES string of the molecule is CC1(C)/C(=N/O)CC[C@]2(C)[C@H]3C(=O)C=C4[C@@H]5C[C@@](C)(NC(N)=O)CC[C@]5(C)CC[C@@]4(C)[C@]3(C)CC[C@@H]12. The largest absolute Gasteiger partial charge is 0.411 e. The number of nitrogens with zero attached hydrogens (tertiary/aromatic N) is 1. The summed E-state index contributed by atoms with van der Waals surface area (Å²) < 4.78 is 0. The second kappa shape index (κ2) is 7.60. The number of allylic oxidation sites excluding steroid dienone is 2. The summed E-state index contributed by atoms with van der Waals surface area (Å²) in [5, 5.41) is 16.5. The van der Waals surface area contributed by atoms with Crippen molar-refractivity contribution >= 4 is 17.5 Å². The summed E-state index contributed by atoms with van der Waals surface area (Å²) in [6, 6.07) is -0.461. The van der Waals surface area contributed by atoms with Gasteiger partial charge < -0.3 is 16.3 Å². The van der Waals surface area contributed by atoms with Crippen molar-refractivity contribution in [1.29, 1.82) is 0 Å². The highest BCUT2D eigenvalue weighted by atomic mass is 16.4. The van der Waals surface area contributed by atoms with Gasteiger partial charge in [0.15, 0.2) is 5.78 Å². The maximum atomic E-state index is 14.3. The van der Waals surface area contributed by atoms with Gasteiger partial charge in [-0.15, -0.1) is 0 Å². The van der Waals surface area contributed by atoms with Crippen LogP contribution >= 0.6 is 0 Å². The van der Waals surface area contributed by atoms with Crippen molar-refractivity contribution < 1.29 is 14.8 Å². The second-order valence-corrected chi connectivity index (χ2v) is 15.0. The van der Waals surface area contributed by atoms with E-state index in [-0.39, 0.29) is 44.4 Å². The molecule has 6 nitrogen and oxygen atoms in total. The predicted molar refractivity (Wildman–Crippen MR) is 142 cm³/mol. The monoisotopic (exact) mass is 497 g/mol. The molecule has 36 heavy (non-hydrogen) atoms. The van der Waals surface area contributed by atoms with Gasteiger partial charge >= 0.3 is 6.03 Å². The standard InChI is InChI=1S/C30H47N3O3/c1-25(2)21-8-11-30(7)23(28(21,5)10-9-22(25)33-36)20(34)16-18-19-17-27(4,32-24(31)35)14-12-26(19,3)13-15-29(18,30)6/h16,19,21,23,36H,8-15,17H2,1-7H3,(H3,31,32,35)/b33-22+/t19-,21-,23+,26+,27-,28-,29+,30+/m0/s1. The molecule has 4 saturated carbocycles. The Bertz CT molecular complexity index is 1060. The lowest BCUT2D eigenvalue weighted by Gasteiger charge is -2.70. The van der Waals surface area contributed by atoms with Crippen molar-refractivity contribution in [2.45, 2.75) is 112 Å². The molecule has 0 bridgehead atoms. The molecule has 0 unspecified atom stereocenters. The zero-order valence-electron chi connectivity index (χ0n) is 23.5. The summed E-state index contributed by atoms with van der Waals surface area (Å²) in [7, 11) is 0. The van der Waals surface area contributed by atoms with E-state index < -0.39 is 6.03 Å². The summed E-state index contributed by atoms with van der Waals surface area (Å²) >= 11 is 0. The minimum atomic E-state index is -0.461. The predicted octanol–water partition coefficient (Wildman–Crippen LogP) is 6.22. The first-order chi connectivity index (χ1) is 16.6. The Morgan fingerprint density at radius 2 is 1.69 bits per heavy atom. The number of urea groups is 1. The van der Waals surface area contributed by atoms with Crippen LogP contribution in [0.4, 0.5) is 4.79 Å². The third-order valence-corrected chi connectivity index (χ3v) is 12.9. The maximum Gasteiger partial charge on any atom is 0.312 e. The molecule has 0 aromatic heterocycles. The van der Waals surface area contributed by atoms with E-state index in [0.717, 1.165) is 63.5 Å². The number of ketones is 1. The second-order valence-electron chi connectivity index (χ2n) is 15.0. The molecule has 0 radical (unpaired) electrons. The van der Waals surface area contributed by atoms with Gasteiger partial charge in [-0.25, -0.2) is 4.79 Å². The van der Waals surface area contributed by atoms with Crippen molar-refractivity contribution in [1.82, 2.24) is 5.32 Å². The molecule has 5 aliphatic rings. The highest BCUT2D eigenvalue weighted by Crippen LogP contribution is 2.74. The molecule has 4 fully saturated rings. The lowest BCUT2D eigenvalue weighted by atomic mass is 9.33. The van der Waals surface area contributed by atoms with Crippen LogP contribution in [0.5, 0.6) is 0 Å². The van der Waals surface area contributed by atoms with Crippen LogP contribution in [0, 0.1) is 44.8 Å². The first kappa shape index (κ1) is 25.8. The van der Waals surface area contributed by atoms with Crippen molar-refractivity contribution in [2.24, 2.45) is 55.7 Å². The van der Waals surface area contributed by atoms with E-state index in [1.54, 1.807) is 0 Å². The lowest BCUT2D eigenvalue weighted by molar-refractivity contribution is -0.174. The Balaban J connectivity index is 1.60. The molecule has 0 spiro atoms. The van der Waals surface area contributed by atoms with Gasteiger partial charge in [0.1, 0.15) is 0 Å². The minimum Gasteiger partial charge on any atom is -0.411 e. The minimum absolute atomic E-state index is 0.0277. The van der Waals surface area contributed by atoms with Gasteiger partial charge in [0.05, 0.1) is 5.71 Å². The molecule has 0 heterocycles. The fraction of sp³-hybridized carbons (Fsp3) is 0.833. The van der Waals surface area contributed by atoms with Crippen molar-refractivity contribution in [3.8, 4) is 0 Å². The van der Waals surface area contributed by atoms with Crippen LogP contribution in [0.15, 0.2) is 16.8 Å². The third kappa shape index (κ3) is 3.17. The molecule has 8 atom stereocenters. The molecule has 5 aliphatic carbocycles. The Hall–Kier alpha value is -1.85. The van der Waals surface area contributed by atoms with Crippen LogP contribution in [0.3, 0.4) is 0 Å². The molecule has 6 heteroatoms. The van der Waals surface area contributed by atoms with E-state index in [0.29, 0.717) is 11.7 Å². The summed E-state index contributed by atoms with van der Waals surface area (Å²) in [5.41, 5.74) is 7.10. The number of hydrogen-bond acceptors (Lipinski definition) is 4. The molecule has 5 rings (SSSR count). The number of amides is 2. The molecule has 200 valence electrons. The Morgan fingerprint density at radius 1 is 1.03 bits per heavy atom. The van der Waals surface area contributed by atoms with Gasteiger partial charge in [-0.05, 0) is 104 Å². The maximum absolute atomic E-state index is 14.3. The molecule has 0 aliphatic heterocycles. The molecule has 0 aromatic carbocycles. The van der Waals surface area contributed by atoms with Gasteiger partial charge in [-0.2, -0.15) is 0 Å². The topological polar surface area (TPSA) is 105 Å². The molecule has 4 N–H and O–H groups in total. The highest BCUT2D eigenvalue weighted by Gasteiger charge is 2.70. The number of rotatable bonds is 1. The number of nitrogens with one attached hydrogen (secondary N) is 1. The fourth-order valence-electron chi connectivity index (χ4n) is 10.6. The van der Waals surface area contributed by atoms with Gasteiger partial charge in [0.2, 0.25) is 0 Å². The van der Waals surface area contributed by atoms with E-state index in [9.17, 15) is 14.8 Å². The Morgan fingerprint density at radius 3 is 2.33 bits per heavy atom. The van der Waals surface area contributed by atoms with E-state index in [2.05, 4.69) is 65.0 Å². The van der Waals surface area contributed by atoms with E-state index >= 15 is 0 Å². The molecule has 0 saturated heterocycles. The highest BCUT2D eigenvalue weighted by molar-refractivity contribution is 5.97. The lowest BCUT2D eigenvalue weighted by Crippen LogP contribution is -2.66. The van der Waals surface area contributed by atoms with Crippen LogP contribution in [0.25, 0.3) is 0 Å². The number of fused-ring (bicyclic) bond motifs is 7. The van der Waals surface area contributed by atoms with Crippen molar-refractivity contribution in [3.63, 3.8) is 0 Å². The number of primary amides is 1.